The molecule has 8 heteroatoms. The first kappa shape index (κ1) is 32.8. The largest absolute Gasteiger partial charge is 0.479 e. The molecule has 0 saturated heterocycles. The number of fused-ring (bicyclic) bond motifs is 2. The molecule has 0 amide bonds. The van der Waals surface area contributed by atoms with Crippen molar-refractivity contribution in [2.45, 2.75) is 83.7 Å². The monoisotopic (exact) mass is 629 g/mol. The van der Waals surface area contributed by atoms with Gasteiger partial charge < -0.3 is 28.8 Å². The van der Waals surface area contributed by atoms with Gasteiger partial charge in [0.2, 0.25) is 5.75 Å². The van der Waals surface area contributed by atoms with E-state index in [0.29, 0.717) is 30.1 Å². The number of rotatable bonds is 13. The first-order valence-electron chi connectivity index (χ1n) is 16.0. The van der Waals surface area contributed by atoms with Crippen LogP contribution in [0.1, 0.15) is 59.8 Å². The van der Waals surface area contributed by atoms with Crippen molar-refractivity contribution in [1.82, 2.24) is 0 Å². The van der Waals surface area contributed by atoms with Crippen molar-refractivity contribution in [1.29, 1.82) is 0 Å². The molecule has 7 nitrogen and oxygen atoms in total. The van der Waals surface area contributed by atoms with Gasteiger partial charge in [0.1, 0.15) is 11.7 Å². The van der Waals surface area contributed by atoms with Crippen molar-refractivity contribution < 1.29 is 33.6 Å². The van der Waals surface area contributed by atoms with Crippen LogP contribution < -0.4 is 24.6 Å². The predicted octanol–water partition coefficient (Wildman–Crippen LogP) is 5.78. The van der Waals surface area contributed by atoms with Gasteiger partial charge in [-0.05, 0) is 40.8 Å². The van der Waals surface area contributed by atoms with E-state index in [1.165, 1.54) is 0 Å². The van der Waals surface area contributed by atoms with Crippen LogP contribution in [0.15, 0.2) is 91.0 Å². The summed E-state index contributed by atoms with van der Waals surface area (Å²) in [7, 11) is -1.81. The average Bonchev–Trinajstić information content (AvgIpc) is 3.35. The van der Waals surface area contributed by atoms with Crippen molar-refractivity contribution >= 4 is 25.4 Å². The van der Waals surface area contributed by atoms with Gasteiger partial charge in [-0.25, -0.2) is 4.79 Å². The second kappa shape index (κ2) is 14.2. The van der Waals surface area contributed by atoms with Crippen molar-refractivity contribution in [3.8, 4) is 17.2 Å². The highest BCUT2D eigenvalue weighted by atomic mass is 28.3. The minimum absolute atomic E-state index is 0.0517. The van der Waals surface area contributed by atoms with Gasteiger partial charge in [-0.3, -0.25) is 0 Å². The Morgan fingerprint density at radius 1 is 1.00 bits per heavy atom. The molecule has 1 aliphatic heterocycles. The molecule has 2 N–H and O–H groups in total. The molecule has 0 unspecified atom stereocenters. The van der Waals surface area contributed by atoms with Crippen LogP contribution >= 0.6 is 0 Å². The van der Waals surface area contributed by atoms with Gasteiger partial charge in [0.05, 0.1) is 6.10 Å². The Hall–Kier alpha value is -3.59. The Balaban J connectivity index is 1.62. The lowest BCUT2D eigenvalue weighted by atomic mass is 9.71. The van der Waals surface area contributed by atoms with Gasteiger partial charge in [0.15, 0.2) is 24.2 Å². The van der Waals surface area contributed by atoms with Crippen molar-refractivity contribution in [2.75, 3.05) is 6.61 Å². The van der Waals surface area contributed by atoms with Gasteiger partial charge in [-0.15, -0.1) is 0 Å². The number of carboxylic acid groups (broad SMARTS) is 1. The predicted molar refractivity (Wildman–Crippen MR) is 177 cm³/mol. The number of para-hydroxylation sites is 1. The fraction of sp³-hybridized carbons (Fsp3) is 0.432. The molecule has 2 aliphatic rings. The lowest BCUT2D eigenvalue weighted by Crippen LogP contribution is -2.60. The SMILES string of the molecule is CCCCC[C@@H](O)C=C[C@]1(O[Si](c2ccccc2)c2ccccc2)[C@@H]2Oc3cccc(OCC(=O)O)c3O[C@H]2C[C@@H]1C(C)(C)C. The number of hydrogen-bond acceptors (Lipinski definition) is 6. The Labute approximate surface area is 268 Å². The van der Waals surface area contributed by atoms with E-state index in [1.54, 1.807) is 12.1 Å². The zero-order valence-corrected chi connectivity index (χ0v) is 27.6. The number of hydrogen-bond donors (Lipinski definition) is 2. The maximum absolute atomic E-state index is 11.3. The number of benzene rings is 3. The molecule has 1 saturated carbocycles. The molecule has 3 aromatic rings. The van der Waals surface area contributed by atoms with Crippen LogP contribution in [0.3, 0.4) is 0 Å². The molecule has 1 heterocycles. The van der Waals surface area contributed by atoms with Crippen molar-refractivity contribution in [3.63, 3.8) is 0 Å². The third kappa shape index (κ3) is 7.46. The third-order valence-corrected chi connectivity index (χ3v) is 11.0. The number of carbonyl (C=O) groups is 1. The van der Waals surface area contributed by atoms with E-state index in [0.717, 1.165) is 29.6 Å². The second-order valence-electron chi connectivity index (χ2n) is 13.1. The van der Waals surface area contributed by atoms with Crippen LogP contribution in [0.2, 0.25) is 0 Å². The van der Waals surface area contributed by atoms with Crippen LogP contribution in [-0.2, 0) is 9.22 Å². The Morgan fingerprint density at radius 2 is 1.67 bits per heavy atom. The molecule has 1 radical (unpaired) electrons. The van der Waals surface area contributed by atoms with Crippen LogP contribution in [0.25, 0.3) is 0 Å². The number of carboxylic acids is 1. The molecule has 5 atom stereocenters. The normalized spacial score (nSPS) is 23.2. The fourth-order valence-electron chi connectivity index (χ4n) is 6.56. The molecule has 1 aliphatic carbocycles. The number of aliphatic hydroxyl groups excluding tert-OH is 1. The lowest BCUT2D eigenvalue weighted by molar-refractivity contribution is -0.139. The zero-order valence-electron chi connectivity index (χ0n) is 26.6. The Kier molecular flexibility index (Phi) is 10.4. The summed E-state index contributed by atoms with van der Waals surface area (Å²) >= 11 is 0. The van der Waals surface area contributed by atoms with E-state index in [9.17, 15) is 15.0 Å². The number of unbranched alkanes of at least 4 members (excludes halogenated alkanes) is 2. The Bertz CT molecular complexity index is 1400. The van der Waals surface area contributed by atoms with Gasteiger partial charge in [-0.1, -0.05) is 126 Å². The molecule has 5 rings (SSSR count). The highest BCUT2D eigenvalue weighted by Crippen LogP contribution is 2.55. The zero-order chi connectivity index (χ0) is 32.0. The maximum atomic E-state index is 11.3. The number of ether oxygens (including phenoxy) is 3. The summed E-state index contributed by atoms with van der Waals surface area (Å²) in [5, 5.41) is 22.6. The van der Waals surface area contributed by atoms with Crippen LogP contribution in [-0.4, -0.2) is 55.7 Å². The van der Waals surface area contributed by atoms with E-state index in [4.69, 9.17) is 18.6 Å². The summed E-state index contributed by atoms with van der Waals surface area (Å²) in [6.45, 7) is 8.31. The molecule has 45 heavy (non-hydrogen) atoms. The minimum Gasteiger partial charge on any atom is -0.479 e. The lowest BCUT2D eigenvalue weighted by Gasteiger charge is -2.46. The van der Waals surface area contributed by atoms with Crippen LogP contribution in [0.5, 0.6) is 17.2 Å². The Morgan fingerprint density at radius 3 is 2.27 bits per heavy atom. The molecular formula is C37H45O7Si. The third-order valence-electron chi connectivity index (χ3n) is 8.69. The van der Waals surface area contributed by atoms with Gasteiger partial charge in [-0.2, -0.15) is 0 Å². The molecular weight excluding hydrogens is 584 g/mol. The summed E-state index contributed by atoms with van der Waals surface area (Å²) in [5.74, 6) is 0.0985. The maximum Gasteiger partial charge on any atom is 0.341 e. The standard InChI is InChI=1S/C37H45O7Si/c1-5-6-9-15-26(38)22-23-37(44-45(27-16-10-7-11-17-27)28-18-12-8-13-19-28)32(36(2,3)4)24-31-35(37)43-30-21-14-20-29(34(30)42-31)41-25-33(39)40/h7-8,10-14,16-23,26,31-32,35,38H,5-6,9,15,24-25H2,1-4H3,(H,39,40)/t26-,31+,32-,35-,37-/m1/s1. The second-order valence-corrected chi connectivity index (χ2v) is 15.1. The van der Waals surface area contributed by atoms with E-state index >= 15 is 0 Å². The van der Waals surface area contributed by atoms with Gasteiger partial charge >= 0.3 is 5.97 Å². The topological polar surface area (TPSA) is 94.5 Å². The van der Waals surface area contributed by atoms with Crippen molar-refractivity contribution in [2.24, 2.45) is 11.3 Å². The van der Waals surface area contributed by atoms with Crippen LogP contribution in [0.4, 0.5) is 0 Å². The smallest absolute Gasteiger partial charge is 0.341 e. The first-order chi connectivity index (χ1) is 21.6. The summed E-state index contributed by atoms with van der Waals surface area (Å²) in [6, 6.07) is 26.0. The van der Waals surface area contributed by atoms with Crippen molar-refractivity contribution in [3.05, 3.63) is 91.0 Å². The molecule has 0 aromatic heterocycles. The summed E-state index contributed by atoms with van der Waals surface area (Å²) in [5.41, 5.74) is -1.18. The minimum atomic E-state index is -1.81. The first-order valence-corrected chi connectivity index (χ1v) is 17.4. The van der Waals surface area contributed by atoms with E-state index in [1.807, 2.05) is 48.5 Å². The van der Waals surface area contributed by atoms with Gasteiger partial charge in [0.25, 0.3) is 9.04 Å². The summed E-state index contributed by atoms with van der Waals surface area (Å²) < 4.78 is 26.7. The highest BCUT2D eigenvalue weighted by Gasteiger charge is 2.63. The number of aliphatic hydroxyl groups is 1. The van der Waals surface area contributed by atoms with E-state index < -0.39 is 45.5 Å². The van der Waals surface area contributed by atoms with E-state index in [-0.39, 0.29) is 11.3 Å². The highest BCUT2D eigenvalue weighted by molar-refractivity contribution is 6.80. The van der Waals surface area contributed by atoms with Gasteiger partial charge in [0, 0.05) is 5.92 Å². The average molecular weight is 630 g/mol. The molecule has 0 bridgehead atoms. The summed E-state index contributed by atoms with van der Waals surface area (Å²) in [4.78, 5) is 11.3. The molecule has 1 fully saturated rings. The number of aliphatic carboxylic acids is 1. The quantitative estimate of drug-likeness (QED) is 0.141. The van der Waals surface area contributed by atoms with E-state index in [2.05, 4.69) is 58.0 Å². The molecule has 3 aromatic carbocycles. The van der Waals surface area contributed by atoms with Crippen LogP contribution in [0, 0.1) is 11.3 Å². The fourth-order valence-corrected chi connectivity index (χ4v) is 8.80. The summed E-state index contributed by atoms with van der Waals surface area (Å²) in [6.07, 6.45) is 6.83. The molecule has 239 valence electrons. The molecule has 0 spiro atoms.